The minimum absolute atomic E-state index is 1.17. The summed E-state index contributed by atoms with van der Waals surface area (Å²) in [5.74, 6) is 0. The number of nitrogens with zero attached hydrogens (tertiary/aromatic N) is 2. The second-order valence-electron chi connectivity index (χ2n) is 5.69. The van der Waals surface area contributed by atoms with Crippen molar-refractivity contribution in [1.82, 2.24) is 4.90 Å². The molecule has 0 aromatic rings. The molecule has 0 unspecified atom stereocenters. The predicted octanol–water partition coefficient (Wildman–Crippen LogP) is 3.50. The Balaban J connectivity index is 0. The van der Waals surface area contributed by atoms with Gasteiger partial charge in [-0.1, -0.05) is 6.42 Å². The fourth-order valence-corrected chi connectivity index (χ4v) is 1.48. The van der Waals surface area contributed by atoms with E-state index in [0.717, 1.165) is 0 Å². The van der Waals surface area contributed by atoms with Gasteiger partial charge in [0.2, 0.25) is 0 Å². The second-order valence-corrected chi connectivity index (χ2v) is 5.69. The van der Waals surface area contributed by atoms with E-state index in [0.29, 0.717) is 0 Å². The van der Waals surface area contributed by atoms with Crippen LogP contribution in [0.1, 0.15) is 32.6 Å². The molecule has 0 aliphatic rings. The maximum Gasteiger partial charge on any atom is 0.673 e. The first-order chi connectivity index (χ1) is 8.48. The third-order valence-corrected chi connectivity index (χ3v) is 2.97. The average molecular weight is 288 g/mol. The highest BCUT2D eigenvalue weighted by Gasteiger charge is 2.20. The van der Waals surface area contributed by atoms with Crippen LogP contribution in [0.25, 0.3) is 0 Å². The summed E-state index contributed by atoms with van der Waals surface area (Å²) in [6.07, 6.45) is 5.53. The molecule has 0 aliphatic carbocycles. The van der Waals surface area contributed by atoms with Crippen LogP contribution in [0.15, 0.2) is 0 Å². The van der Waals surface area contributed by atoms with E-state index in [1.54, 1.807) is 0 Å². The first-order valence-corrected chi connectivity index (χ1v) is 6.82. The van der Waals surface area contributed by atoms with E-state index in [1.807, 2.05) is 0 Å². The molecular weight excluding hydrogens is 259 g/mol. The summed E-state index contributed by atoms with van der Waals surface area (Å²) in [5, 5.41) is 0. The SMILES string of the molecule is CC[N+](C)(C)CCCCCCN(C)C.F[B-](F)(F)F. The van der Waals surface area contributed by atoms with E-state index >= 15 is 0 Å². The third-order valence-electron chi connectivity index (χ3n) is 2.97. The summed E-state index contributed by atoms with van der Waals surface area (Å²) in [5.41, 5.74) is 0. The van der Waals surface area contributed by atoms with Gasteiger partial charge in [0.1, 0.15) is 0 Å². The van der Waals surface area contributed by atoms with Gasteiger partial charge in [0, 0.05) is 0 Å². The lowest BCUT2D eigenvalue weighted by molar-refractivity contribution is -0.888. The summed E-state index contributed by atoms with van der Waals surface area (Å²) >= 11 is 0. The summed E-state index contributed by atoms with van der Waals surface area (Å²) in [6, 6.07) is 0. The van der Waals surface area contributed by atoms with Gasteiger partial charge in [-0.25, -0.2) is 0 Å². The van der Waals surface area contributed by atoms with E-state index in [-0.39, 0.29) is 0 Å². The molecule has 0 atom stereocenters. The fraction of sp³-hybridized carbons (Fsp3) is 1.00. The van der Waals surface area contributed by atoms with Crippen LogP contribution in [0.4, 0.5) is 17.3 Å². The minimum Gasteiger partial charge on any atom is -0.418 e. The average Bonchev–Trinajstić information content (AvgIpc) is 2.20. The second kappa shape index (κ2) is 10.5. The monoisotopic (exact) mass is 288 g/mol. The fourth-order valence-electron chi connectivity index (χ4n) is 1.48. The summed E-state index contributed by atoms with van der Waals surface area (Å²) in [4.78, 5) is 2.27. The number of quaternary nitrogens is 1. The quantitative estimate of drug-likeness (QED) is 0.286. The predicted molar refractivity (Wildman–Crippen MR) is 74.7 cm³/mol. The van der Waals surface area contributed by atoms with Crippen molar-refractivity contribution in [1.29, 1.82) is 0 Å². The van der Waals surface area contributed by atoms with Gasteiger partial charge in [-0.05, 0) is 46.8 Å². The van der Waals surface area contributed by atoms with Crippen LogP contribution in [-0.2, 0) is 0 Å². The molecule has 0 aromatic heterocycles. The molecule has 0 radical (unpaired) electrons. The highest BCUT2D eigenvalue weighted by atomic mass is 19.5. The summed E-state index contributed by atoms with van der Waals surface area (Å²) in [7, 11) is 2.94. The van der Waals surface area contributed by atoms with Crippen LogP contribution in [0.5, 0.6) is 0 Å². The molecule has 19 heavy (non-hydrogen) atoms. The van der Waals surface area contributed by atoms with E-state index in [4.69, 9.17) is 0 Å². The molecule has 0 aromatic carbocycles. The van der Waals surface area contributed by atoms with Crippen molar-refractivity contribution < 1.29 is 21.7 Å². The highest BCUT2D eigenvalue weighted by molar-refractivity contribution is 6.50. The molecule has 0 saturated carbocycles. The van der Waals surface area contributed by atoms with Crippen molar-refractivity contribution in [3.8, 4) is 0 Å². The maximum absolute atomic E-state index is 9.75. The molecule has 0 heterocycles. The molecule has 7 heteroatoms. The lowest BCUT2D eigenvalue weighted by Crippen LogP contribution is -2.39. The number of unbranched alkanes of at least 4 members (excludes halogenated alkanes) is 3. The van der Waals surface area contributed by atoms with Gasteiger partial charge in [-0.15, -0.1) is 0 Å². The van der Waals surface area contributed by atoms with E-state index < -0.39 is 7.25 Å². The molecule has 0 spiro atoms. The first-order valence-electron chi connectivity index (χ1n) is 6.82. The molecule has 2 nitrogen and oxygen atoms in total. The smallest absolute Gasteiger partial charge is 0.418 e. The zero-order valence-electron chi connectivity index (χ0n) is 12.9. The molecular formula is C12H29BF4N2. The highest BCUT2D eigenvalue weighted by Crippen LogP contribution is 2.06. The molecule has 0 fully saturated rings. The van der Waals surface area contributed by atoms with Crippen molar-refractivity contribution in [3.05, 3.63) is 0 Å². The van der Waals surface area contributed by atoms with Gasteiger partial charge in [0.15, 0.2) is 0 Å². The number of hydrogen-bond donors (Lipinski definition) is 0. The van der Waals surface area contributed by atoms with Gasteiger partial charge < -0.3 is 26.6 Å². The third kappa shape index (κ3) is 27.1. The Morgan fingerprint density at radius 3 is 1.68 bits per heavy atom. The van der Waals surface area contributed by atoms with E-state index in [2.05, 4.69) is 40.0 Å². The summed E-state index contributed by atoms with van der Waals surface area (Å²) < 4.78 is 40.2. The number of rotatable bonds is 8. The molecule has 118 valence electrons. The number of hydrogen-bond acceptors (Lipinski definition) is 1. The Labute approximate surface area is 115 Å². The molecule has 0 saturated heterocycles. The molecule has 0 rings (SSSR count). The Morgan fingerprint density at radius 2 is 1.32 bits per heavy atom. The zero-order chi connectivity index (χ0) is 15.5. The van der Waals surface area contributed by atoms with Gasteiger partial charge in [0.25, 0.3) is 0 Å². The Morgan fingerprint density at radius 1 is 0.895 bits per heavy atom. The molecule has 0 bridgehead atoms. The van der Waals surface area contributed by atoms with E-state index in [1.165, 1.54) is 49.8 Å². The normalized spacial score (nSPS) is 12.3. The molecule has 0 aliphatic heterocycles. The van der Waals surface area contributed by atoms with Gasteiger partial charge in [-0.3, -0.25) is 0 Å². The Hall–Kier alpha value is -0.295. The van der Waals surface area contributed by atoms with E-state index in [9.17, 15) is 17.3 Å². The number of halogens is 4. The van der Waals surface area contributed by atoms with Crippen molar-refractivity contribution in [2.24, 2.45) is 0 Å². The van der Waals surface area contributed by atoms with Crippen LogP contribution >= 0.6 is 0 Å². The standard InChI is InChI=1S/C12H29N2.BF4/c1-6-14(4,5)12-10-8-7-9-11-13(2)3;2-1(3,4)5/h6-12H2,1-5H3;/q+1;-1. The van der Waals surface area contributed by atoms with Crippen LogP contribution in [-0.4, -0.2) is 64.5 Å². The molecule has 0 N–H and O–H groups in total. The van der Waals surface area contributed by atoms with Crippen molar-refractivity contribution >= 4 is 7.25 Å². The zero-order valence-corrected chi connectivity index (χ0v) is 12.9. The lowest BCUT2D eigenvalue weighted by Gasteiger charge is -2.28. The van der Waals surface area contributed by atoms with Gasteiger partial charge >= 0.3 is 7.25 Å². The van der Waals surface area contributed by atoms with Crippen molar-refractivity contribution in [2.75, 3.05) is 47.8 Å². The largest absolute Gasteiger partial charge is 0.673 e. The lowest BCUT2D eigenvalue weighted by atomic mass is 10.2. The van der Waals surface area contributed by atoms with Crippen LogP contribution in [0.2, 0.25) is 0 Å². The van der Waals surface area contributed by atoms with Crippen molar-refractivity contribution in [3.63, 3.8) is 0 Å². The van der Waals surface area contributed by atoms with Crippen LogP contribution < -0.4 is 0 Å². The maximum atomic E-state index is 9.75. The van der Waals surface area contributed by atoms with Crippen LogP contribution in [0.3, 0.4) is 0 Å². The Kier molecular flexibility index (Phi) is 11.6. The van der Waals surface area contributed by atoms with Crippen LogP contribution in [0, 0.1) is 0 Å². The van der Waals surface area contributed by atoms with Gasteiger partial charge in [-0.2, -0.15) is 0 Å². The minimum atomic E-state index is -6.00. The van der Waals surface area contributed by atoms with Gasteiger partial charge in [0.05, 0.1) is 27.2 Å². The summed E-state index contributed by atoms with van der Waals surface area (Å²) in [6.45, 7) is 6.09. The Bertz CT molecular complexity index is 202. The molecule has 0 amide bonds. The first kappa shape index (κ1) is 21.0. The topological polar surface area (TPSA) is 3.24 Å². The van der Waals surface area contributed by atoms with Crippen molar-refractivity contribution in [2.45, 2.75) is 32.6 Å².